The molecule has 18 heavy (non-hydrogen) atoms. The molecule has 0 fully saturated rings. The van der Waals surface area contributed by atoms with Gasteiger partial charge in [-0.3, -0.25) is 4.79 Å². The van der Waals surface area contributed by atoms with Crippen LogP contribution in [0.25, 0.3) is 0 Å². The van der Waals surface area contributed by atoms with E-state index in [9.17, 15) is 4.79 Å². The van der Waals surface area contributed by atoms with Gasteiger partial charge in [-0.2, -0.15) is 0 Å². The van der Waals surface area contributed by atoms with E-state index in [1.54, 1.807) is 0 Å². The summed E-state index contributed by atoms with van der Waals surface area (Å²) in [5.41, 5.74) is 8.83. The maximum absolute atomic E-state index is 11.9. The van der Waals surface area contributed by atoms with Crippen LogP contribution in [0.5, 0.6) is 0 Å². The fourth-order valence-electron chi connectivity index (χ4n) is 1.84. The molecule has 1 rings (SSSR count). The van der Waals surface area contributed by atoms with Crippen LogP contribution in [0.1, 0.15) is 31.4 Å². The molecule has 3 heteroatoms. The Labute approximate surface area is 109 Å². The molecule has 0 aromatic heterocycles. The van der Waals surface area contributed by atoms with Crippen LogP contribution in [0.2, 0.25) is 0 Å². The van der Waals surface area contributed by atoms with Gasteiger partial charge in [-0.25, -0.2) is 0 Å². The summed E-state index contributed by atoms with van der Waals surface area (Å²) in [4.78, 5) is 11.9. The molecule has 1 aromatic rings. The third kappa shape index (κ3) is 3.35. The lowest BCUT2D eigenvalue weighted by Crippen LogP contribution is -2.35. The molecule has 3 N–H and O–H groups in total. The molecule has 0 aliphatic carbocycles. The first-order valence-corrected chi connectivity index (χ1v) is 6.24. The second kappa shape index (κ2) is 6.83. The van der Waals surface area contributed by atoms with E-state index in [1.807, 2.05) is 18.2 Å². The number of carbonyl (C=O) groups is 1. The zero-order valence-corrected chi connectivity index (χ0v) is 11.0. The molecule has 1 aromatic carbocycles. The fourth-order valence-corrected chi connectivity index (χ4v) is 1.84. The molecule has 1 atom stereocenters. The first kappa shape index (κ1) is 14.3. The monoisotopic (exact) mass is 244 g/mol. The van der Waals surface area contributed by atoms with E-state index >= 15 is 0 Å². The van der Waals surface area contributed by atoms with Gasteiger partial charge in [0.1, 0.15) is 0 Å². The number of carbonyl (C=O) groups excluding carboxylic acids is 1. The number of terminal acetylenes is 1. The molecule has 0 radical (unpaired) electrons. The predicted molar refractivity (Wildman–Crippen MR) is 75.3 cm³/mol. The summed E-state index contributed by atoms with van der Waals surface area (Å²) in [7, 11) is 0. The number of nitrogens with two attached hydrogens (primary N) is 1. The summed E-state index contributed by atoms with van der Waals surface area (Å²) < 4.78 is 0. The van der Waals surface area contributed by atoms with Crippen molar-refractivity contribution in [3.05, 3.63) is 29.3 Å². The lowest BCUT2D eigenvalue weighted by molar-refractivity contribution is -0.117. The lowest BCUT2D eigenvalue weighted by Gasteiger charge is -2.16. The van der Waals surface area contributed by atoms with Gasteiger partial charge < -0.3 is 11.1 Å². The first-order valence-electron chi connectivity index (χ1n) is 6.24. The summed E-state index contributed by atoms with van der Waals surface area (Å²) >= 11 is 0. The molecule has 0 saturated heterocycles. The molecule has 0 saturated carbocycles. The van der Waals surface area contributed by atoms with Crippen molar-refractivity contribution in [1.29, 1.82) is 0 Å². The maximum Gasteiger partial charge on any atom is 0.242 e. The molecule has 0 aliphatic rings. The molecule has 1 unspecified atom stereocenters. The number of amides is 1. The van der Waals surface area contributed by atoms with Crippen molar-refractivity contribution in [1.82, 2.24) is 0 Å². The van der Waals surface area contributed by atoms with E-state index in [0.29, 0.717) is 0 Å². The highest BCUT2D eigenvalue weighted by Gasteiger charge is 2.15. The Hall–Kier alpha value is -1.79. The molecule has 3 nitrogen and oxygen atoms in total. The summed E-state index contributed by atoms with van der Waals surface area (Å²) in [5, 5.41) is 2.91. The van der Waals surface area contributed by atoms with Gasteiger partial charge in [0.2, 0.25) is 5.91 Å². The number of rotatable bonds is 5. The number of anilines is 1. The number of para-hydroxylation sites is 1. The Morgan fingerprint density at radius 2 is 1.94 bits per heavy atom. The van der Waals surface area contributed by atoms with Gasteiger partial charge in [0, 0.05) is 12.1 Å². The van der Waals surface area contributed by atoms with E-state index in [1.165, 1.54) is 0 Å². The van der Waals surface area contributed by atoms with Crippen molar-refractivity contribution in [2.75, 3.05) is 5.32 Å². The summed E-state index contributed by atoms with van der Waals surface area (Å²) in [6, 6.07) is 5.39. The van der Waals surface area contributed by atoms with Gasteiger partial charge in [0.15, 0.2) is 0 Å². The van der Waals surface area contributed by atoms with Crippen molar-refractivity contribution in [2.45, 2.75) is 39.2 Å². The Balaban J connectivity index is 2.96. The summed E-state index contributed by atoms with van der Waals surface area (Å²) in [6.07, 6.45) is 7.15. The van der Waals surface area contributed by atoms with E-state index in [4.69, 9.17) is 12.2 Å². The first-order chi connectivity index (χ1) is 8.63. The molecule has 96 valence electrons. The normalized spacial score (nSPS) is 11.7. The van der Waals surface area contributed by atoms with Crippen molar-refractivity contribution in [3.63, 3.8) is 0 Å². The average molecular weight is 244 g/mol. The Bertz CT molecular complexity index is 438. The number of benzene rings is 1. The van der Waals surface area contributed by atoms with E-state index in [2.05, 4.69) is 25.1 Å². The van der Waals surface area contributed by atoms with Gasteiger partial charge in [-0.1, -0.05) is 32.0 Å². The van der Waals surface area contributed by atoms with Crippen molar-refractivity contribution >= 4 is 11.6 Å². The van der Waals surface area contributed by atoms with Crippen LogP contribution in [-0.4, -0.2) is 11.9 Å². The van der Waals surface area contributed by atoms with E-state index in [0.717, 1.165) is 29.7 Å². The molecule has 0 heterocycles. The Morgan fingerprint density at radius 1 is 1.39 bits per heavy atom. The highest BCUT2D eigenvalue weighted by Crippen LogP contribution is 2.22. The largest absolute Gasteiger partial charge is 0.324 e. The van der Waals surface area contributed by atoms with Gasteiger partial charge in [-0.15, -0.1) is 12.3 Å². The molecule has 0 spiro atoms. The van der Waals surface area contributed by atoms with E-state index in [-0.39, 0.29) is 12.3 Å². The van der Waals surface area contributed by atoms with E-state index < -0.39 is 6.04 Å². The van der Waals surface area contributed by atoms with Crippen LogP contribution in [0, 0.1) is 12.3 Å². The van der Waals surface area contributed by atoms with Crippen LogP contribution in [0.3, 0.4) is 0 Å². The molecule has 0 aliphatic heterocycles. The molecular weight excluding hydrogens is 224 g/mol. The molecule has 1 amide bonds. The van der Waals surface area contributed by atoms with Crippen LogP contribution < -0.4 is 11.1 Å². The number of aryl methyl sites for hydroxylation is 2. The van der Waals surface area contributed by atoms with Crippen molar-refractivity contribution in [3.8, 4) is 12.3 Å². The topological polar surface area (TPSA) is 55.1 Å². The third-order valence-corrected chi connectivity index (χ3v) is 2.92. The zero-order chi connectivity index (χ0) is 13.5. The Kier molecular flexibility index (Phi) is 5.41. The maximum atomic E-state index is 11.9. The smallest absolute Gasteiger partial charge is 0.242 e. The quantitative estimate of drug-likeness (QED) is 0.779. The van der Waals surface area contributed by atoms with Crippen LogP contribution >= 0.6 is 0 Å². The molecule has 0 bridgehead atoms. The van der Waals surface area contributed by atoms with Gasteiger partial charge in [-0.05, 0) is 24.0 Å². The second-order valence-corrected chi connectivity index (χ2v) is 4.16. The summed E-state index contributed by atoms with van der Waals surface area (Å²) in [6.45, 7) is 4.12. The minimum absolute atomic E-state index is 0.219. The summed E-state index contributed by atoms with van der Waals surface area (Å²) in [5.74, 6) is 2.19. The highest BCUT2D eigenvalue weighted by atomic mass is 16.2. The van der Waals surface area contributed by atoms with Gasteiger partial charge >= 0.3 is 0 Å². The van der Waals surface area contributed by atoms with Gasteiger partial charge in [0.05, 0.1) is 6.04 Å². The average Bonchev–Trinajstić information content (AvgIpc) is 2.39. The SMILES string of the molecule is C#CCC(N)C(=O)Nc1c(CC)cccc1CC. The fraction of sp³-hybridized carbons (Fsp3) is 0.400. The second-order valence-electron chi connectivity index (χ2n) is 4.16. The standard InChI is InChI=1S/C15H20N2O/c1-4-8-13(16)15(18)17-14-11(5-2)9-7-10-12(14)6-3/h1,7,9-10,13H,5-6,8,16H2,2-3H3,(H,17,18). The highest BCUT2D eigenvalue weighted by molar-refractivity contribution is 5.96. The number of hydrogen-bond donors (Lipinski definition) is 2. The Morgan fingerprint density at radius 3 is 2.39 bits per heavy atom. The van der Waals surface area contributed by atoms with Crippen LogP contribution in [0.4, 0.5) is 5.69 Å². The van der Waals surface area contributed by atoms with Gasteiger partial charge in [0.25, 0.3) is 0 Å². The number of nitrogens with one attached hydrogen (secondary N) is 1. The lowest BCUT2D eigenvalue weighted by atomic mass is 10.0. The zero-order valence-electron chi connectivity index (χ0n) is 11.0. The van der Waals surface area contributed by atoms with Crippen molar-refractivity contribution < 1.29 is 4.79 Å². The molecular formula is C15H20N2O. The van der Waals surface area contributed by atoms with Crippen molar-refractivity contribution in [2.24, 2.45) is 5.73 Å². The minimum Gasteiger partial charge on any atom is -0.324 e. The number of hydrogen-bond acceptors (Lipinski definition) is 2. The minimum atomic E-state index is -0.649. The third-order valence-electron chi connectivity index (χ3n) is 2.92. The predicted octanol–water partition coefficient (Wildman–Crippen LogP) is 2.10. The van der Waals surface area contributed by atoms with Crippen LogP contribution in [-0.2, 0) is 17.6 Å². The van der Waals surface area contributed by atoms with Crippen LogP contribution in [0.15, 0.2) is 18.2 Å².